The molecule has 1 aliphatic heterocycles. The molecule has 2 saturated carbocycles. The first kappa shape index (κ1) is 25.6. The molecule has 1 saturated heterocycles. The van der Waals surface area contributed by atoms with Crippen LogP contribution in [-0.4, -0.2) is 59.4 Å². The van der Waals surface area contributed by atoms with Crippen molar-refractivity contribution in [1.29, 1.82) is 0 Å². The summed E-state index contributed by atoms with van der Waals surface area (Å²) in [7, 11) is 0. The Labute approximate surface area is 236 Å². The number of pyridine rings is 1. The number of H-pyrrole nitrogens is 1. The summed E-state index contributed by atoms with van der Waals surface area (Å²) in [4.78, 5) is 36.1. The van der Waals surface area contributed by atoms with Crippen molar-refractivity contribution in [3.8, 4) is 22.9 Å². The number of nitrogens with one attached hydrogen (secondary N) is 1. The van der Waals surface area contributed by atoms with E-state index in [0.717, 1.165) is 48.8 Å². The van der Waals surface area contributed by atoms with Gasteiger partial charge in [-0.25, -0.2) is 14.8 Å². The molecule has 3 fully saturated rings. The number of rotatable bonds is 5. The van der Waals surface area contributed by atoms with Crippen LogP contribution in [0, 0.1) is 11.8 Å². The zero-order chi connectivity index (χ0) is 27.4. The Balaban J connectivity index is 1.46. The molecule has 12 heteroatoms. The van der Waals surface area contributed by atoms with Crippen LogP contribution in [0.25, 0.3) is 34.1 Å². The van der Waals surface area contributed by atoms with Gasteiger partial charge in [-0.3, -0.25) is 14.5 Å². The van der Waals surface area contributed by atoms with Gasteiger partial charge in [0.05, 0.1) is 29.8 Å². The molecule has 0 spiro atoms. The van der Waals surface area contributed by atoms with Gasteiger partial charge in [-0.2, -0.15) is 4.98 Å². The number of aromatic nitrogens is 7. The van der Waals surface area contributed by atoms with E-state index >= 15 is 0 Å². The third-order valence-corrected chi connectivity index (χ3v) is 9.03. The summed E-state index contributed by atoms with van der Waals surface area (Å²) in [6.07, 6.45) is 11.6. The zero-order valence-corrected chi connectivity index (χ0v) is 23.5. The zero-order valence-electron chi connectivity index (χ0n) is 22.7. The Morgan fingerprint density at radius 1 is 1.07 bits per heavy atom. The van der Waals surface area contributed by atoms with Gasteiger partial charge in [0.25, 0.3) is 0 Å². The quantitative estimate of drug-likeness (QED) is 0.361. The predicted molar refractivity (Wildman–Crippen MR) is 150 cm³/mol. The van der Waals surface area contributed by atoms with E-state index in [1.807, 2.05) is 6.07 Å². The van der Waals surface area contributed by atoms with Crippen LogP contribution in [0.15, 0.2) is 27.8 Å². The fourth-order valence-corrected chi connectivity index (χ4v) is 6.95. The first-order valence-electron chi connectivity index (χ1n) is 14.3. The topological polar surface area (TPSA) is 128 Å². The van der Waals surface area contributed by atoms with Crippen LogP contribution in [0.4, 0.5) is 5.95 Å². The molecule has 4 aromatic heterocycles. The fraction of sp³-hybridized carbons (Fsp3) is 0.571. The highest BCUT2D eigenvalue weighted by molar-refractivity contribution is 6.30. The third kappa shape index (κ3) is 4.58. The largest absolute Gasteiger partial charge is 0.439 e. The summed E-state index contributed by atoms with van der Waals surface area (Å²) in [5.41, 5.74) is 2.76. The van der Waals surface area contributed by atoms with Crippen LogP contribution in [0.3, 0.4) is 0 Å². The molecule has 40 heavy (non-hydrogen) atoms. The average Bonchev–Trinajstić information content (AvgIpc) is 3.68. The normalized spacial score (nSPS) is 26.9. The number of morpholine rings is 1. The molecule has 5 heterocycles. The van der Waals surface area contributed by atoms with E-state index in [-0.39, 0.29) is 29.8 Å². The Kier molecular flexibility index (Phi) is 6.58. The summed E-state index contributed by atoms with van der Waals surface area (Å²) >= 11 is 6.40. The van der Waals surface area contributed by atoms with Crippen molar-refractivity contribution in [1.82, 2.24) is 34.6 Å². The molecule has 4 aromatic rings. The molecule has 1 unspecified atom stereocenters. The van der Waals surface area contributed by atoms with E-state index < -0.39 is 5.76 Å². The van der Waals surface area contributed by atoms with Crippen molar-refractivity contribution in [3.63, 3.8) is 0 Å². The third-order valence-electron chi connectivity index (χ3n) is 8.82. The number of nitrogens with zero attached hydrogens (tertiary/aromatic N) is 7. The maximum Gasteiger partial charge on any atom is 0.439 e. The van der Waals surface area contributed by atoms with Gasteiger partial charge in [-0.05, 0) is 56.9 Å². The van der Waals surface area contributed by atoms with Crippen molar-refractivity contribution >= 4 is 28.7 Å². The lowest BCUT2D eigenvalue weighted by atomic mass is 9.83. The van der Waals surface area contributed by atoms with Crippen molar-refractivity contribution in [2.24, 2.45) is 11.8 Å². The predicted octanol–water partition coefficient (Wildman–Crippen LogP) is 4.86. The average molecular weight is 565 g/mol. The molecule has 2 aliphatic carbocycles. The molecule has 210 valence electrons. The van der Waals surface area contributed by atoms with Crippen molar-refractivity contribution in [2.45, 2.75) is 83.5 Å². The molecule has 11 nitrogen and oxygen atoms in total. The van der Waals surface area contributed by atoms with Gasteiger partial charge < -0.3 is 14.2 Å². The molecule has 0 bridgehead atoms. The van der Waals surface area contributed by atoms with Crippen molar-refractivity contribution in [2.75, 3.05) is 11.5 Å². The molecule has 0 aromatic carbocycles. The number of halogens is 1. The molecule has 0 radical (unpaired) electrons. The van der Waals surface area contributed by atoms with Crippen LogP contribution in [0.2, 0.25) is 5.02 Å². The molecular formula is C28H33ClN8O3. The lowest BCUT2D eigenvalue weighted by Crippen LogP contribution is -2.54. The number of ether oxygens (including phenoxy) is 1. The second-order valence-electron chi connectivity index (χ2n) is 11.7. The highest BCUT2D eigenvalue weighted by atomic mass is 35.5. The molecule has 1 N–H and O–H groups in total. The van der Waals surface area contributed by atoms with Crippen molar-refractivity contribution < 1.29 is 9.26 Å². The van der Waals surface area contributed by atoms with E-state index in [4.69, 9.17) is 35.8 Å². The number of hydrogen-bond acceptors (Lipinski definition) is 9. The summed E-state index contributed by atoms with van der Waals surface area (Å²) in [6.45, 7) is 6.04. The second-order valence-corrected chi connectivity index (χ2v) is 12.1. The molecule has 7 rings (SSSR count). The summed E-state index contributed by atoms with van der Waals surface area (Å²) in [5, 5.41) is 4.35. The van der Waals surface area contributed by atoms with Gasteiger partial charge in [0.1, 0.15) is 11.2 Å². The monoisotopic (exact) mass is 564 g/mol. The fourth-order valence-electron chi connectivity index (χ4n) is 6.77. The summed E-state index contributed by atoms with van der Waals surface area (Å²) in [6, 6.07) is 2.27. The standard InChI is InChI=1S/C28H33ClN8O3/c1-15-6-8-17(9-7-15)13-36-23-22(18-10-19(29)12-30-11-18)31-25(26-34-28(38)40-35-26)32-24(23)33-27(36)37-16(2)14-39-21-5-3-4-20(21)37/h10-12,15-17,20-21H,3-9,13-14H2,1-2H3,(H,34,35,38)/t15?,16?,17?,20-,21-/m1/s1. The summed E-state index contributed by atoms with van der Waals surface area (Å²) in [5.74, 6) is 1.90. The maximum absolute atomic E-state index is 11.8. The van der Waals surface area contributed by atoms with E-state index in [0.29, 0.717) is 28.9 Å². The van der Waals surface area contributed by atoms with E-state index in [1.54, 1.807) is 12.4 Å². The first-order valence-corrected chi connectivity index (χ1v) is 14.7. The van der Waals surface area contributed by atoms with Crippen LogP contribution < -0.4 is 10.7 Å². The minimum Gasteiger partial charge on any atom is -0.374 e. The van der Waals surface area contributed by atoms with Crippen molar-refractivity contribution in [3.05, 3.63) is 34.0 Å². The van der Waals surface area contributed by atoms with Gasteiger partial charge >= 0.3 is 5.76 Å². The molecule has 3 atom stereocenters. The number of fused-ring (bicyclic) bond motifs is 2. The second kappa shape index (κ2) is 10.3. The highest BCUT2D eigenvalue weighted by Crippen LogP contribution is 2.40. The smallest absolute Gasteiger partial charge is 0.374 e. The van der Waals surface area contributed by atoms with Gasteiger partial charge in [-0.15, -0.1) is 0 Å². The number of anilines is 1. The van der Waals surface area contributed by atoms with Gasteiger partial charge in [-0.1, -0.05) is 36.5 Å². The van der Waals surface area contributed by atoms with Gasteiger partial charge in [0.15, 0.2) is 5.65 Å². The van der Waals surface area contributed by atoms with Crippen LogP contribution in [0.1, 0.15) is 58.8 Å². The minimum absolute atomic E-state index is 0.149. The molecule has 3 aliphatic rings. The van der Waals surface area contributed by atoms with E-state index in [2.05, 4.69) is 38.4 Å². The Morgan fingerprint density at radius 3 is 2.70 bits per heavy atom. The number of aromatic amines is 1. The lowest BCUT2D eigenvalue weighted by Gasteiger charge is -2.43. The number of imidazole rings is 1. The maximum atomic E-state index is 11.8. The van der Waals surface area contributed by atoms with Gasteiger partial charge in [0.2, 0.25) is 17.6 Å². The lowest BCUT2D eigenvalue weighted by molar-refractivity contribution is 0.00642. The highest BCUT2D eigenvalue weighted by Gasteiger charge is 2.42. The van der Waals surface area contributed by atoms with E-state index in [9.17, 15) is 4.79 Å². The SMILES string of the molecule is CC1CCC(Cn2c(N3C(C)CO[C@@H]4CCC[C@H]43)nc3nc(-c4noc(=O)[nH]4)nc(-c4cncc(Cl)c4)c32)CC1. The summed E-state index contributed by atoms with van der Waals surface area (Å²) < 4.78 is 13.3. The first-order chi connectivity index (χ1) is 19.4. The Hall–Kier alpha value is -3.31. The molecule has 0 amide bonds. The van der Waals surface area contributed by atoms with E-state index in [1.165, 1.54) is 25.7 Å². The van der Waals surface area contributed by atoms with Gasteiger partial charge in [0, 0.05) is 24.5 Å². The Morgan fingerprint density at radius 2 is 1.93 bits per heavy atom. The van der Waals surface area contributed by atoms with Crippen LogP contribution in [0.5, 0.6) is 0 Å². The van der Waals surface area contributed by atoms with Crippen LogP contribution in [-0.2, 0) is 11.3 Å². The number of hydrogen-bond donors (Lipinski definition) is 1. The van der Waals surface area contributed by atoms with Crippen LogP contribution >= 0.6 is 11.6 Å². The Bertz CT molecular complexity index is 1590. The molecular weight excluding hydrogens is 532 g/mol. The minimum atomic E-state index is -0.670.